The van der Waals surface area contributed by atoms with E-state index in [9.17, 15) is 14.4 Å². The molecule has 1 fully saturated rings. The molecule has 0 bridgehead atoms. The standard InChI is InChI=1S/C24H28N4O3/c1-17-9-14-28(15-10-18-16-26-20-7-3-2-6-19(18)20)24(31)22(17)23(30)25-11-5-13-27-12-4-8-21(27)29/h2-3,6-7,9,14,16,26H,4-5,8,10-13,15H2,1H3,(H,25,30). The van der Waals surface area contributed by atoms with Crippen LogP contribution in [-0.4, -0.2) is 45.9 Å². The molecule has 2 amide bonds. The Labute approximate surface area is 181 Å². The second-order valence-electron chi connectivity index (χ2n) is 8.08. The molecule has 0 spiro atoms. The highest BCUT2D eigenvalue weighted by Gasteiger charge is 2.20. The summed E-state index contributed by atoms with van der Waals surface area (Å²) in [7, 11) is 0. The van der Waals surface area contributed by atoms with Crippen LogP contribution in [0.3, 0.4) is 0 Å². The van der Waals surface area contributed by atoms with E-state index in [0.29, 0.717) is 44.5 Å². The van der Waals surface area contributed by atoms with Gasteiger partial charge in [-0.2, -0.15) is 0 Å². The number of nitrogens with zero attached hydrogens (tertiary/aromatic N) is 2. The van der Waals surface area contributed by atoms with Crippen LogP contribution in [-0.2, 0) is 17.8 Å². The van der Waals surface area contributed by atoms with Gasteiger partial charge in [0.05, 0.1) is 0 Å². The molecular formula is C24H28N4O3. The van der Waals surface area contributed by atoms with Crippen LogP contribution in [0, 0.1) is 6.92 Å². The van der Waals surface area contributed by atoms with Gasteiger partial charge in [0.25, 0.3) is 11.5 Å². The van der Waals surface area contributed by atoms with Gasteiger partial charge in [-0.3, -0.25) is 14.4 Å². The molecule has 0 radical (unpaired) electrons. The Bertz CT molecular complexity index is 1160. The van der Waals surface area contributed by atoms with Gasteiger partial charge >= 0.3 is 0 Å². The van der Waals surface area contributed by atoms with Crippen LogP contribution in [0.1, 0.15) is 40.7 Å². The SMILES string of the molecule is Cc1ccn(CCc2c[nH]c3ccccc23)c(=O)c1C(=O)NCCCN1CCCC1=O. The molecule has 0 atom stereocenters. The highest BCUT2D eigenvalue weighted by atomic mass is 16.2. The van der Waals surface area contributed by atoms with Gasteiger partial charge in [-0.05, 0) is 49.4 Å². The second-order valence-corrected chi connectivity index (χ2v) is 8.08. The normalized spacial score (nSPS) is 13.8. The average molecular weight is 421 g/mol. The maximum atomic E-state index is 13.0. The number of rotatable bonds is 8. The summed E-state index contributed by atoms with van der Waals surface area (Å²) in [5.74, 6) is -0.167. The van der Waals surface area contributed by atoms with Crippen molar-refractivity contribution in [3.63, 3.8) is 0 Å². The average Bonchev–Trinajstić information content (AvgIpc) is 3.37. The van der Waals surface area contributed by atoms with E-state index in [0.717, 1.165) is 29.4 Å². The minimum atomic E-state index is -0.350. The number of carbonyl (C=O) groups is 2. The van der Waals surface area contributed by atoms with Gasteiger partial charge in [0.15, 0.2) is 0 Å². The fourth-order valence-corrected chi connectivity index (χ4v) is 4.20. The van der Waals surface area contributed by atoms with Crippen molar-refractivity contribution in [3.05, 3.63) is 69.8 Å². The van der Waals surface area contributed by atoms with Crippen LogP contribution in [0.5, 0.6) is 0 Å². The number of hydrogen-bond donors (Lipinski definition) is 2. The predicted molar refractivity (Wildman–Crippen MR) is 120 cm³/mol. The molecule has 3 aromatic rings. The van der Waals surface area contributed by atoms with E-state index in [1.165, 1.54) is 0 Å². The Kier molecular flexibility index (Phi) is 6.21. The number of likely N-dealkylation sites (tertiary alicyclic amines) is 1. The summed E-state index contributed by atoms with van der Waals surface area (Å²) in [6, 6.07) is 9.89. The number of nitrogens with one attached hydrogen (secondary N) is 2. The third-order valence-corrected chi connectivity index (χ3v) is 5.96. The lowest BCUT2D eigenvalue weighted by Crippen LogP contribution is -2.36. The van der Waals surface area contributed by atoms with Gasteiger partial charge in [0, 0.05) is 55.9 Å². The van der Waals surface area contributed by atoms with Gasteiger partial charge in [-0.15, -0.1) is 0 Å². The smallest absolute Gasteiger partial charge is 0.263 e. The van der Waals surface area contributed by atoms with E-state index in [1.807, 2.05) is 35.4 Å². The van der Waals surface area contributed by atoms with E-state index in [2.05, 4.69) is 16.4 Å². The van der Waals surface area contributed by atoms with Crippen molar-refractivity contribution >= 4 is 22.7 Å². The molecule has 0 aliphatic carbocycles. The summed E-state index contributed by atoms with van der Waals surface area (Å²) in [5, 5.41) is 4.00. The van der Waals surface area contributed by atoms with E-state index in [4.69, 9.17) is 0 Å². The minimum Gasteiger partial charge on any atom is -0.361 e. The molecule has 1 aromatic carbocycles. The fraction of sp³-hybridized carbons (Fsp3) is 0.375. The Hall–Kier alpha value is -3.35. The summed E-state index contributed by atoms with van der Waals surface area (Å²) in [6.45, 7) is 4.15. The first-order valence-corrected chi connectivity index (χ1v) is 10.9. The number of aryl methyl sites for hydroxylation is 3. The summed E-state index contributed by atoms with van der Waals surface area (Å²) < 4.78 is 1.60. The molecule has 2 N–H and O–H groups in total. The first-order valence-electron chi connectivity index (χ1n) is 10.9. The Morgan fingerprint density at radius 1 is 1.16 bits per heavy atom. The number of amides is 2. The maximum Gasteiger partial charge on any atom is 0.263 e. The molecular weight excluding hydrogens is 392 g/mol. The van der Waals surface area contributed by atoms with Gasteiger partial charge in [0.1, 0.15) is 5.56 Å². The fourth-order valence-electron chi connectivity index (χ4n) is 4.20. The van der Waals surface area contributed by atoms with Crippen LogP contribution in [0.2, 0.25) is 0 Å². The molecule has 7 nitrogen and oxygen atoms in total. The van der Waals surface area contributed by atoms with Crippen molar-refractivity contribution < 1.29 is 9.59 Å². The first kappa shape index (κ1) is 20.9. The zero-order valence-electron chi connectivity index (χ0n) is 17.8. The minimum absolute atomic E-state index is 0.184. The lowest BCUT2D eigenvalue weighted by molar-refractivity contribution is -0.127. The lowest BCUT2D eigenvalue weighted by Gasteiger charge is -2.15. The zero-order valence-corrected chi connectivity index (χ0v) is 17.8. The van der Waals surface area contributed by atoms with Gasteiger partial charge in [-0.1, -0.05) is 18.2 Å². The van der Waals surface area contributed by atoms with E-state index >= 15 is 0 Å². The number of aromatic nitrogens is 2. The summed E-state index contributed by atoms with van der Waals surface area (Å²) in [5.41, 5.74) is 2.81. The topological polar surface area (TPSA) is 87.2 Å². The van der Waals surface area contributed by atoms with Crippen LogP contribution in [0.15, 0.2) is 47.5 Å². The maximum absolute atomic E-state index is 13.0. The largest absolute Gasteiger partial charge is 0.361 e. The zero-order chi connectivity index (χ0) is 21.8. The highest BCUT2D eigenvalue weighted by molar-refractivity contribution is 5.95. The monoisotopic (exact) mass is 420 g/mol. The third-order valence-electron chi connectivity index (χ3n) is 5.96. The van der Waals surface area contributed by atoms with Crippen molar-refractivity contribution in [1.29, 1.82) is 0 Å². The number of fused-ring (bicyclic) bond motifs is 1. The van der Waals surface area contributed by atoms with Gasteiger partial charge < -0.3 is 19.8 Å². The molecule has 4 rings (SSSR count). The van der Waals surface area contributed by atoms with Gasteiger partial charge in [-0.25, -0.2) is 0 Å². The Balaban J connectivity index is 1.39. The number of hydrogen-bond acceptors (Lipinski definition) is 3. The number of carbonyl (C=O) groups excluding carboxylic acids is 2. The number of pyridine rings is 1. The predicted octanol–water partition coefficient (Wildman–Crippen LogP) is 2.62. The van der Waals surface area contributed by atoms with Crippen molar-refractivity contribution in [3.8, 4) is 0 Å². The lowest BCUT2D eigenvalue weighted by atomic mass is 10.1. The molecule has 31 heavy (non-hydrogen) atoms. The first-order chi connectivity index (χ1) is 15.0. The third kappa shape index (κ3) is 4.55. The molecule has 162 valence electrons. The molecule has 0 saturated carbocycles. The van der Waals surface area contributed by atoms with Crippen molar-refractivity contribution in [2.24, 2.45) is 0 Å². The van der Waals surface area contributed by atoms with Crippen molar-refractivity contribution in [2.75, 3.05) is 19.6 Å². The molecule has 2 aromatic heterocycles. The molecule has 0 unspecified atom stereocenters. The second kappa shape index (κ2) is 9.20. The van der Waals surface area contributed by atoms with Crippen molar-refractivity contribution in [2.45, 2.75) is 39.2 Å². The van der Waals surface area contributed by atoms with E-state index < -0.39 is 0 Å². The highest BCUT2D eigenvalue weighted by Crippen LogP contribution is 2.18. The summed E-state index contributed by atoms with van der Waals surface area (Å²) in [4.78, 5) is 42.4. The molecule has 3 heterocycles. The Morgan fingerprint density at radius 2 is 2.00 bits per heavy atom. The number of para-hydroxylation sites is 1. The molecule has 1 aliphatic rings. The molecule has 1 saturated heterocycles. The summed E-state index contributed by atoms with van der Waals surface area (Å²) in [6.07, 6.45) is 6.63. The number of aromatic amines is 1. The van der Waals surface area contributed by atoms with Gasteiger partial charge in [0.2, 0.25) is 5.91 Å². The van der Waals surface area contributed by atoms with Crippen molar-refractivity contribution in [1.82, 2.24) is 19.8 Å². The number of benzene rings is 1. The summed E-state index contributed by atoms with van der Waals surface area (Å²) >= 11 is 0. The van der Waals surface area contributed by atoms with Crippen LogP contribution >= 0.6 is 0 Å². The number of H-pyrrole nitrogens is 1. The van der Waals surface area contributed by atoms with Crippen LogP contribution in [0.4, 0.5) is 0 Å². The van der Waals surface area contributed by atoms with E-state index in [1.54, 1.807) is 17.7 Å². The molecule has 1 aliphatic heterocycles. The van der Waals surface area contributed by atoms with Crippen LogP contribution in [0.25, 0.3) is 10.9 Å². The Morgan fingerprint density at radius 3 is 2.81 bits per heavy atom. The van der Waals surface area contributed by atoms with Crippen LogP contribution < -0.4 is 10.9 Å². The van der Waals surface area contributed by atoms with E-state index in [-0.39, 0.29) is 22.9 Å². The quantitative estimate of drug-likeness (QED) is 0.549. The molecule has 7 heteroatoms.